The third-order valence-electron chi connectivity index (χ3n) is 4.24. The number of amides is 1. The molecular formula is C14H22N4O2. The van der Waals surface area contributed by atoms with E-state index in [0.717, 1.165) is 50.6 Å². The van der Waals surface area contributed by atoms with Gasteiger partial charge in [-0.3, -0.25) is 4.79 Å². The summed E-state index contributed by atoms with van der Waals surface area (Å²) in [5.74, 6) is 1.92. The maximum absolute atomic E-state index is 12.7. The number of ether oxygens (including phenoxy) is 1. The molecule has 0 spiro atoms. The molecule has 0 bridgehead atoms. The molecule has 2 aliphatic heterocycles. The third-order valence-corrected chi connectivity index (χ3v) is 4.24. The van der Waals surface area contributed by atoms with Crippen LogP contribution in [-0.4, -0.2) is 44.8 Å². The Kier molecular flexibility index (Phi) is 3.74. The monoisotopic (exact) mass is 278 g/mol. The zero-order valence-electron chi connectivity index (χ0n) is 12.2. The lowest BCUT2D eigenvalue weighted by Crippen LogP contribution is -2.46. The summed E-state index contributed by atoms with van der Waals surface area (Å²) in [6.45, 7) is 6.81. The predicted molar refractivity (Wildman–Crippen MR) is 72.9 cm³/mol. The average molecular weight is 278 g/mol. The first-order valence-corrected chi connectivity index (χ1v) is 7.49. The normalized spacial score (nSPS) is 26.4. The molecule has 1 aromatic rings. The molecule has 0 unspecified atom stereocenters. The van der Waals surface area contributed by atoms with E-state index in [1.54, 1.807) is 0 Å². The molecule has 2 atom stereocenters. The van der Waals surface area contributed by atoms with Crippen molar-refractivity contribution in [2.45, 2.75) is 52.3 Å². The Morgan fingerprint density at radius 2 is 2.30 bits per heavy atom. The van der Waals surface area contributed by atoms with Crippen molar-refractivity contribution in [3.05, 3.63) is 11.6 Å². The van der Waals surface area contributed by atoms with Gasteiger partial charge in [0.2, 0.25) is 5.91 Å². The van der Waals surface area contributed by atoms with Gasteiger partial charge in [0, 0.05) is 13.2 Å². The molecule has 6 heteroatoms. The van der Waals surface area contributed by atoms with Gasteiger partial charge in [0.25, 0.3) is 0 Å². The van der Waals surface area contributed by atoms with Crippen molar-refractivity contribution in [2.24, 2.45) is 5.92 Å². The summed E-state index contributed by atoms with van der Waals surface area (Å²) in [6, 6.07) is 0. The van der Waals surface area contributed by atoms with Crippen LogP contribution < -0.4 is 0 Å². The molecule has 110 valence electrons. The van der Waals surface area contributed by atoms with E-state index in [1.807, 2.05) is 16.5 Å². The van der Waals surface area contributed by atoms with Crippen molar-refractivity contribution < 1.29 is 9.53 Å². The molecule has 0 saturated carbocycles. The van der Waals surface area contributed by atoms with Crippen LogP contribution in [0.5, 0.6) is 0 Å². The molecule has 1 aromatic heterocycles. The van der Waals surface area contributed by atoms with Gasteiger partial charge in [-0.2, -0.15) is 5.10 Å². The van der Waals surface area contributed by atoms with Crippen LogP contribution in [0.25, 0.3) is 0 Å². The molecule has 0 aliphatic carbocycles. The number of rotatable bonds is 2. The van der Waals surface area contributed by atoms with Gasteiger partial charge < -0.3 is 9.64 Å². The molecule has 1 amide bonds. The number of fused-ring (bicyclic) bond motifs is 1. The fraction of sp³-hybridized carbons (Fsp3) is 0.786. The molecule has 0 aromatic carbocycles. The first kappa shape index (κ1) is 13.5. The SMILES string of the molecule is CC[C@@H]1OCCC[C@H]1C(=O)N1CCn2nc(C)nc2C1. The van der Waals surface area contributed by atoms with Crippen molar-refractivity contribution in [3.8, 4) is 0 Å². The highest BCUT2D eigenvalue weighted by molar-refractivity contribution is 5.79. The first-order valence-electron chi connectivity index (χ1n) is 7.49. The minimum absolute atomic E-state index is 0.0179. The van der Waals surface area contributed by atoms with Gasteiger partial charge in [0.15, 0.2) is 0 Å². The van der Waals surface area contributed by atoms with E-state index in [9.17, 15) is 4.79 Å². The van der Waals surface area contributed by atoms with Gasteiger partial charge in [-0.25, -0.2) is 9.67 Å². The van der Waals surface area contributed by atoms with E-state index in [2.05, 4.69) is 17.0 Å². The summed E-state index contributed by atoms with van der Waals surface area (Å²) in [5, 5.41) is 4.33. The summed E-state index contributed by atoms with van der Waals surface area (Å²) in [4.78, 5) is 19.0. The third kappa shape index (κ3) is 2.44. The predicted octanol–water partition coefficient (Wildman–Crippen LogP) is 1.13. The molecule has 3 rings (SSSR count). The molecule has 6 nitrogen and oxygen atoms in total. The Morgan fingerprint density at radius 1 is 1.45 bits per heavy atom. The van der Waals surface area contributed by atoms with Crippen molar-refractivity contribution in [1.82, 2.24) is 19.7 Å². The number of hydrogen-bond acceptors (Lipinski definition) is 4. The Bertz CT molecular complexity index is 499. The van der Waals surface area contributed by atoms with Crippen LogP contribution >= 0.6 is 0 Å². The summed E-state index contributed by atoms with van der Waals surface area (Å²) < 4.78 is 7.66. The fourth-order valence-corrected chi connectivity index (χ4v) is 3.21. The van der Waals surface area contributed by atoms with E-state index in [4.69, 9.17) is 4.74 Å². The van der Waals surface area contributed by atoms with Gasteiger partial charge in [-0.05, 0) is 26.2 Å². The summed E-state index contributed by atoms with van der Waals surface area (Å²) in [7, 11) is 0. The minimum Gasteiger partial charge on any atom is -0.377 e. The zero-order valence-corrected chi connectivity index (χ0v) is 12.2. The molecule has 3 heterocycles. The second-order valence-electron chi connectivity index (χ2n) is 5.62. The van der Waals surface area contributed by atoms with Crippen molar-refractivity contribution in [3.63, 3.8) is 0 Å². The van der Waals surface area contributed by atoms with Crippen LogP contribution in [0.15, 0.2) is 0 Å². The second-order valence-corrected chi connectivity index (χ2v) is 5.62. The molecule has 0 radical (unpaired) electrons. The van der Waals surface area contributed by atoms with Crippen LogP contribution in [0, 0.1) is 12.8 Å². The lowest BCUT2D eigenvalue weighted by Gasteiger charge is -2.35. The lowest BCUT2D eigenvalue weighted by atomic mass is 9.91. The van der Waals surface area contributed by atoms with E-state index in [1.165, 1.54) is 0 Å². The summed E-state index contributed by atoms with van der Waals surface area (Å²) in [6.07, 6.45) is 2.91. The Hall–Kier alpha value is -1.43. The smallest absolute Gasteiger partial charge is 0.228 e. The van der Waals surface area contributed by atoms with Gasteiger partial charge in [0.05, 0.1) is 25.1 Å². The minimum atomic E-state index is 0.0179. The molecule has 2 aliphatic rings. The largest absolute Gasteiger partial charge is 0.377 e. The Labute approximate surface area is 119 Å². The second kappa shape index (κ2) is 5.52. The van der Waals surface area contributed by atoms with Crippen molar-refractivity contribution in [2.75, 3.05) is 13.2 Å². The van der Waals surface area contributed by atoms with Gasteiger partial charge >= 0.3 is 0 Å². The van der Waals surface area contributed by atoms with Crippen LogP contribution in [0.3, 0.4) is 0 Å². The highest BCUT2D eigenvalue weighted by Gasteiger charge is 2.35. The number of carbonyl (C=O) groups excluding carboxylic acids is 1. The maximum atomic E-state index is 12.7. The Morgan fingerprint density at radius 3 is 3.10 bits per heavy atom. The summed E-state index contributed by atoms with van der Waals surface area (Å²) in [5.41, 5.74) is 0. The molecular weight excluding hydrogens is 256 g/mol. The zero-order chi connectivity index (χ0) is 14.1. The maximum Gasteiger partial charge on any atom is 0.228 e. The molecule has 20 heavy (non-hydrogen) atoms. The highest BCUT2D eigenvalue weighted by atomic mass is 16.5. The number of hydrogen-bond donors (Lipinski definition) is 0. The Balaban J connectivity index is 1.71. The van der Waals surface area contributed by atoms with Gasteiger partial charge in [-0.1, -0.05) is 6.92 Å². The number of nitrogens with zero attached hydrogens (tertiary/aromatic N) is 4. The number of aromatic nitrogens is 3. The van der Waals surface area contributed by atoms with Crippen LogP contribution in [0.4, 0.5) is 0 Å². The highest BCUT2D eigenvalue weighted by Crippen LogP contribution is 2.26. The van der Waals surface area contributed by atoms with Crippen LogP contribution in [0.1, 0.15) is 37.8 Å². The number of carbonyl (C=O) groups is 1. The number of aryl methyl sites for hydroxylation is 1. The first-order chi connectivity index (χ1) is 9.69. The van der Waals surface area contributed by atoms with Crippen molar-refractivity contribution in [1.29, 1.82) is 0 Å². The van der Waals surface area contributed by atoms with Gasteiger partial charge in [-0.15, -0.1) is 0 Å². The van der Waals surface area contributed by atoms with E-state index in [-0.39, 0.29) is 17.9 Å². The molecule has 1 fully saturated rings. The standard InChI is InChI=1S/C14H22N4O2/c1-3-12-11(5-4-8-20-12)14(19)17-6-7-18-13(9-17)15-10(2)16-18/h11-12H,3-9H2,1-2H3/t11-,12+/m1/s1. The van der Waals surface area contributed by atoms with Crippen LogP contribution in [-0.2, 0) is 22.6 Å². The quantitative estimate of drug-likeness (QED) is 0.814. The lowest BCUT2D eigenvalue weighted by molar-refractivity contribution is -0.146. The van der Waals surface area contributed by atoms with Crippen molar-refractivity contribution >= 4 is 5.91 Å². The molecule has 1 saturated heterocycles. The van der Waals surface area contributed by atoms with Gasteiger partial charge in [0.1, 0.15) is 11.6 Å². The fourth-order valence-electron chi connectivity index (χ4n) is 3.21. The van der Waals surface area contributed by atoms with E-state index < -0.39 is 0 Å². The topological polar surface area (TPSA) is 60.2 Å². The van der Waals surface area contributed by atoms with E-state index >= 15 is 0 Å². The summed E-state index contributed by atoms with van der Waals surface area (Å²) >= 11 is 0. The average Bonchev–Trinajstić information content (AvgIpc) is 2.85. The van der Waals surface area contributed by atoms with E-state index in [0.29, 0.717) is 6.54 Å². The molecule has 0 N–H and O–H groups in total. The van der Waals surface area contributed by atoms with Crippen LogP contribution in [0.2, 0.25) is 0 Å².